The Morgan fingerprint density at radius 2 is 1.80 bits per heavy atom. The fraction of sp³-hybridized carbons (Fsp3) is 0.306. The predicted molar refractivity (Wildman–Crippen MR) is 174 cm³/mol. The van der Waals surface area contributed by atoms with Crippen LogP contribution in [-0.4, -0.2) is 65.9 Å². The molecule has 0 spiro atoms. The molecule has 2 aliphatic rings. The highest BCUT2D eigenvalue weighted by Gasteiger charge is 2.31. The second-order valence-electron chi connectivity index (χ2n) is 11.9. The van der Waals surface area contributed by atoms with Gasteiger partial charge in [-0.3, -0.25) is 14.6 Å². The van der Waals surface area contributed by atoms with Crippen LogP contribution in [0.2, 0.25) is 5.02 Å². The normalized spacial score (nSPS) is 18.3. The van der Waals surface area contributed by atoms with Crippen LogP contribution in [0.15, 0.2) is 79.0 Å². The molecule has 232 valence electrons. The number of halogens is 2. The third-order valence-corrected chi connectivity index (χ3v) is 9.31. The molecular weight excluding hydrogens is 591 g/mol. The van der Waals surface area contributed by atoms with E-state index in [1.54, 1.807) is 47.5 Å². The Hall–Kier alpha value is -4.27. The lowest BCUT2D eigenvalue weighted by Gasteiger charge is -2.20. The lowest BCUT2D eigenvalue weighted by atomic mass is 9.96. The molecule has 45 heavy (non-hydrogen) atoms. The second kappa shape index (κ2) is 13.4. The van der Waals surface area contributed by atoms with Crippen molar-refractivity contribution in [2.75, 3.05) is 33.3 Å². The number of primary amides is 1. The summed E-state index contributed by atoms with van der Waals surface area (Å²) in [5, 5.41) is 0.309. The first-order valence-electron chi connectivity index (χ1n) is 15.4. The van der Waals surface area contributed by atoms with Gasteiger partial charge in [-0.2, -0.15) is 0 Å². The molecule has 0 aliphatic carbocycles. The van der Waals surface area contributed by atoms with Gasteiger partial charge >= 0.3 is 0 Å². The number of benzene rings is 3. The van der Waals surface area contributed by atoms with Crippen LogP contribution in [0.25, 0.3) is 22.3 Å². The monoisotopic (exact) mass is 626 g/mol. The van der Waals surface area contributed by atoms with Gasteiger partial charge in [0, 0.05) is 53.5 Å². The number of pyridine rings is 1. The number of nitrogens with two attached hydrogens (primary N) is 1. The molecule has 4 aromatic rings. The fourth-order valence-electron chi connectivity index (χ4n) is 6.49. The Labute approximate surface area is 267 Å². The van der Waals surface area contributed by atoms with E-state index in [1.807, 2.05) is 24.3 Å². The molecule has 7 nitrogen and oxygen atoms in total. The molecule has 2 N–H and O–H groups in total. The van der Waals surface area contributed by atoms with E-state index in [2.05, 4.69) is 11.9 Å². The van der Waals surface area contributed by atoms with Gasteiger partial charge < -0.3 is 20.3 Å². The lowest BCUT2D eigenvalue weighted by molar-refractivity contribution is 0.0790. The molecular formula is C36H36ClFN4O3. The SMILES string of the molecule is CN1CCCC1CCOc1ccccc1-c1cnc([C@@H]2CCN(C(=O)c3ccc(-c4ccc(F)cc4Cl)cc3)C2)c(C(N)=O)c1. The number of likely N-dealkylation sites (tertiary alicyclic amines) is 2. The zero-order chi connectivity index (χ0) is 31.5. The molecule has 0 radical (unpaired) electrons. The van der Waals surface area contributed by atoms with E-state index in [1.165, 1.54) is 25.0 Å². The van der Waals surface area contributed by atoms with E-state index < -0.39 is 11.7 Å². The number of aromatic nitrogens is 1. The molecule has 2 fully saturated rings. The Kier molecular flexibility index (Phi) is 9.14. The number of hydrogen-bond acceptors (Lipinski definition) is 5. The number of carbonyl (C=O) groups excluding carboxylic acids is 2. The Balaban J connectivity index is 1.15. The summed E-state index contributed by atoms with van der Waals surface area (Å²) in [6.45, 7) is 2.69. The smallest absolute Gasteiger partial charge is 0.253 e. The number of carbonyl (C=O) groups is 2. The van der Waals surface area contributed by atoms with Gasteiger partial charge in [-0.05, 0) is 87.3 Å². The van der Waals surface area contributed by atoms with Gasteiger partial charge in [-0.1, -0.05) is 41.9 Å². The van der Waals surface area contributed by atoms with Crippen molar-refractivity contribution in [2.24, 2.45) is 5.73 Å². The maximum Gasteiger partial charge on any atom is 0.253 e. The van der Waals surface area contributed by atoms with Crippen molar-refractivity contribution in [3.8, 4) is 28.0 Å². The van der Waals surface area contributed by atoms with Crippen LogP contribution in [0, 0.1) is 5.82 Å². The summed E-state index contributed by atoms with van der Waals surface area (Å²) in [6.07, 6.45) is 5.80. The van der Waals surface area contributed by atoms with Gasteiger partial charge in [0.05, 0.1) is 22.9 Å². The molecule has 2 amide bonds. The van der Waals surface area contributed by atoms with Gasteiger partial charge in [-0.25, -0.2) is 4.39 Å². The van der Waals surface area contributed by atoms with Crippen molar-refractivity contribution < 1.29 is 18.7 Å². The van der Waals surface area contributed by atoms with E-state index in [0.717, 1.165) is 35.4 Å². The van der Waals surface area contributed by atoms with Crippen LogP contribution in [-0.2, 0) is 0 Å². The minimum absolute atomic E-state index is 0.110. The van der Waals surface area contributed by atoms with Gasteiger partial charge in [0.2, 0.25) is 0 Å². The third-order valence-electron chi connectivity index (χ3n) is 9.00. The van der Waals surface area contributed by atoms with E-state index in [0.29, 0.717) is 59.6 Å². The average molecular weight is 627 g/mol. The van der Waals surface area contributed by atoms with E-state index >= 15 is 0 Å². The van der Waals surface area contributed by atoms with Crippen molar-refractivity contribution in [2.45, 2.75) is 37.6 Å². The van der Waals surface area contributed by atoms with Crippen LogP contribution in [0.3, 0.4) is 0 Å². The highest BCUT2D eigenvalue weighted by atomic mass is 35.5. The van der Waals surface area contributed by atoms with Gasteiger partial charge in [0.25, 0.3) is 11.8 Å². The molecule has 3 heterocycles. The Morgan fingerprint density at radius 1 is 1.00 bits per heavy atom. The summed E-state index contributed by atoms with van der Waals surface area (Å²) in [5.41, 5.74) is 10.5. The number of ether oxygens (including phenoxy) is 1. The molecule has 1 unspecified atom stereocenters. The highest BCUT2D eigenvalue weighted by molar-refractivity contribution is 6.33. The van der Waals surface area contributed by atoms with Gasteiger partial charge in [0.15, 0.2) is 0 Å². The van der Waals surface area contributed by atoms with Crippen molar-refractivity contribution >= 4 is 23.4 Å². The van der Waals surface area contributed by atoms with E-state index in [9.17, 15) is 14.0 Å². The van der Waals surface area contributed by atoms with Crippen molar-refractivity contribution in [3.05, 3.63) is 107 Å². The maximum absolute atomic E-state index is 13.5. The molecule has 2 aliphatic heterocycles. The molecule has 0 saturated carbocycles. The van der Waals surface area contributed by atoms with Gasteiger partial charge in [-0.15, -0.1) is 0 Å². The Morgan fingerprint density at radius 3 is 2.53 bits per heavy atom. The first-order valence-corrected chi connectivity index (χ1v) is 15.7. The fourth-order valence-corrected chi connectivity index (χ4v) is 6.77. The molecule has 2 saturated heterocycles. The van der Waals surface area contributed by atoms with Crippen molar-refractivity contribution in [1.82, 2.24) is 14.8 Å². The minimum Gasteiger partial charge on any atom is -0.493 e. The largest absolute Gasteiger partial charge is 0.493 e. The quantitative estimate of drug-likeness (QED) is 0.221. The van der Waals surface area contributed by atoms with Gasteiger partial charge in [0.1, 0.15) is 11.6 Å². The number of rotatable bonds is 9. The second-order valence-corrected chi connectivity index (χ2v) is 12.3. The zero-order valence-corrected chi connectivity index (χ0v) is 26.0. The van der Waals surface area contributed by atoms with Crippen LogP contribution < -0.4 is 10.5 Å². The topological polar surface area (TPSA) is 88.8 Å². The van der Waals surface area contributed by atoms with E-state index in [4.69, 9.17) is 27.1 Å². The standard InChI is InChI=1S/C36H36ClFN4O3/c1-41-16-4-5-28(41)15-18-45-33-7-3-2-6-30(33)26-19-31(35(39)43)34(40-21-26)25-14-17-42(22-25)36(44)24-10-8-23(9-11-24)29-13-12-27(38)20-32(29)37/h2-3,6-13,19-21,25,28H,4-5,14-18,22H2,1H3,(H2,39,43)/t25-,28?/m1/s1. The predicted octanol–water partition coefficient (Wildman–Crippen LogP) is 6.80. The molecule has 1 aromatic heterocycles. The molecule has 9 heteroatoms. The zero-order valence-electron chi connectivity index (χ0n) is 25.2. The maximum atomic E-state index is 13.5. The summed E-state index contributed by atoms with van der Waals surface area (Å²) >= 11 is 6.22. The number of para-hydroxylation sites is 1. The third kappa shape index (κ3) is 6.72. The first kappa shape index (κ1) is 30.7. The first-order chi connectivity index (χ1) is 21.8. The highest BCUT2D eigenvalue weighted by Crippen LogP contribution is 2.35. The summed E-state index contributed by atoms with van der Waals surface area (Å²) < 4.78 is 19.7. The van der Waals surface area contributed by atoms with Crippen LogP contribution in [0.1, 0.15) is 58.0 Å². The van der Waals surface area contributed by atoms with Crippen LogP contribution in [0.5, 0.6) is 5.75 Å². The number of amides is 2. The molecule has 0 bridgehead atoms. The summed E-state index contributed by atoms with van der Waals surface area (Å²) in [4.78, 5) is 34.9. The molecule has 2 atom stereocenters. The molecule has 3 aromatic carbocycles. The Bertz CT molecular complexity index is 1710. The number of hydrogen-bond donors (Lipinski definition) is 1. The van der Waals surface area contributed by atoms with E-state index in [-0.39, 0.29) is 11.8 Å². The summed E-state index contributed by atoms with van der Waals surface area (Å²) in [5.74, 6) is -0.450. The summed E-state index contributed by atoms with van der Waals surface area (Å²) in [7, 11) is 2.16. The molecule has 6 rings (SSSR count). The minimum atomic E-state index is -0.554. The lowest BCUT2D eigenvalue weighted by Crippen LogP contribution is -2.28. The van der Waals surface area contributed by atoms with Crippen LogP contribution >= 0.6 is 11.6 Å². The van der Waals surface area contributed by atoms with Crippen molar-refractivity contribution in [3.63, 3.8) is 0 Å². The average Bonchev–Trinajstić information content (AvgIpc) is 3.70. The summed E-state index contributed by atoms with van der Waals surface area (Å²) in [6, 6.07) is 21.5. The van der Waals surface area contributed by atoms with Crippen LogP contribution in [0.4, 0.5) is 4.39 Å². The van der Waals surface area contributed by atoms with Crippen molar-refractivity contribution in [1.29, 1.82) is 0 Å². The number of nitrogens with zero attached hydrogens (tertiary/aromatic N) is 3.